The maximum Gasteiger partial charge on any atom is 0.248 e. The van der Waals surface area contributed by atoms with Crippen LogP contribution in [0.3, 0.4) is 0 Å². The Morgan fingerprint density at radius 2 is 2.05 bits per heavy atom. The predicted octanol–water partition coefficient (Wildman–Crippen LogP) is 3.93. The number of aromatic nitrogens is 1. The smallest absolute Gasteiger partial charge is 0.248 e. The summed E-state index contributed by atoms with van der Waals surface area (Å²) in [6, 6.07) is 8.40. The van der Waals surface area contributed by atoms with Crippen molar-refractivity contribution in [2.24, 2.45) is 0 Å². The van der Waals surface area contributed by atoms with Crippen molar-refractivity contribution in [2.75, 3.05) is 11.1 Å². The molecule has 0 unspecified atom stereocenters. The second kappa shape index (κ2) is 6.61. The standard InChI is InChI=1S/C15H13Cl2N3O/c1-9-13(5-6-14(18)19-9)20-15(21)7-3-10-2-4-11(16)8-12(10)17/h2-8H,1H3,(H2,18,19)(H,20,21)/b7-3+. The van der Waals surface area contributed by atoms with Crippen LogP contribution in [0.1, 0.15) is 11.3 Å². The molecule has 4 nitrogen and oxygen atoms in total. The number of benzene rings is 1. The molecule has 0 atom stereocenters. The third kappa shape index (κ3) is 4.21. The molecular formula is C15H13Cl2N3O. The number of rotatable bonds is 3. The zero-order chi connectivity index (χ0) is 15.4. The molecule has 3 N–H and O–H groups in total. The van der Waals surface area contributed by atoms with E-state index in [-0.39, 0.29) is 5.91 Å². The molecule has 1 amide bonds. The van der Waals surface area contributed by atoms with E-state index in [0.717, 1.165) is 0 Å². The molecule has 1 aromatic heterocycles. The van der Waals surface area contributed by atoms with Crippen LogP contribution in [0.4, 0.5) is 11.5 Å². The Morgan fingerprint density at radius 3 is 2.71 bits per heavy atom. The normalized spacial score (nSPS) is 10.8. The Balaban J connectivity index is 2.09. The van der Waals surface area contributed by atoms with E-state index in [2.05, 4.69) is 10.3 Å². The fourth-order valence-electron chi connectivity index (χ4n) is 1.69. The number of hydrogen-bond acceptors (Lipinski definition) is 3. The number of nitrogens with zero attached hydrogens (tertiary/aromatic N) is 1. The van der Waals surface area contributed by atoms with E-state index in [1.165, 1.54) is 6.08 Å². The van der Waals surface area contributed by atoms with Crippen LogP contribution >= 0.6 is 23.2 Å². The molecule has 0 aliphatic carbocycles. The topological polar surface area (TPSA) is 68.0 Å². The van der Waals surface area contributed by atoms with Crippen molar-refractivity contribution in [1.82, 2.24) is 4.98 Å². The minimum absolute atomic E-state index is 0.282. The van der Waals surface area contributed by atoms with Gasteiger partial charge in [0.25, 0.3) is 0 Å². The first-order chi connectivity index (χ1) is 9.95. The highest BCUT2D eigenvalue weighted by molar-refractivity contribution is 6.35. The number of carbonyl (C=O) groups is 1. The fourth-order valence-corrected chi connectivity index (χ4v) is 2.16. The monoisotopic (exact) mass is 321 g/mol. The molecule has 1 aromatic carbocycles. The van der Waals surface area contributed by atoms with Gasteiger partial charge in [-0.1, -0.05) is 29.3 Å². The number of anilines is 2. The van der Waals surface area contributed by atoms with Crippen LogP contribution in [-0.4, -0.2) is 10.9 Å². The summed E-state index contributed by atoms with van der Waals surface area (Å²) in [4.78, 5) is 15.9. The summed E-state index contributed by atoms with van der Waals surface area (Å²) in [5, 5.41) is 3.76. The van der Waals surface area contributed by atoms with Gasteiger partial charge >= 0.3 is 0 Å². The summed E-state index contributed by atoms with van der Waals surface area (Å²) >= 11 is 11.8. The quantitative estimate of drug-likeness (QED) is 0.841. The average molecular weight is 322 g/mol. The number of nitrogen functional groups attached to an aromatic ring is 1. The van der Waals surface area contributed by atoms with Crippen molar-refractivity contribution in [1.29, 1.82) is 0 Å². The van der Waals surface area contributed by atoms with Gasteiger partial charge in [-0.2, -0.15) is 0 Å². The number of hydrogen-bond donors (Lipinski definition) is 2. The first-order valence-electron chi connectivity index (χ1n) is 6.13. The highest BCUT2D eigenvalue weighted by atomic mass is 35.5. The minimum Gasteiger partial charge on any atom is -0.384 e. The molecule has 1 heterocycles. The summed E-state index contributed by atoms with van der Waals surface area (Å²) < 4.78 is 0. The number of halogens is 2. The van der Waals surface area contributed by atoms with Crippen LogP contribution in [0.2, 0.25) is 10.0 Å². The van der Waals surface area contributed by atoms with Gasteiger partial charge in [-0.15, -0.1) is 0 Å². The van der Waals surface area contributed by atoms with E-state index in [0.29, 0.717) is 32.8 Å². The third-order valence-electron chi connectivity index (χ3n) is 2.74. The van der Waals surface area contributed by atoms with Gasteiger partial charge in [0, 0.05) is 16.1 Å². The van der Waals surface area contributed by atoms with Crippen molar-refractivity contribution in [2.45, 2.75) is 6.92 Å². The molecule has 2 rings (SSSR count). The van der Waals surface area contributed by atoms with Gasteiger partial charge in [0.05, 0.1) is 11.4 Å². The predicted molar refractivity (Wildman–Crippen MR) is 87.5 cm³/mol. The molecule has 6 heteroatoms. The van der Waals surface area contributed by atoms with Crippen LogP contribution in [0.15, 0.2) is 36.4 Å². The van der Waals surface area contributed by atoms with Gasteiger partial charge in [-0.05, 0) is 42.8 Å². The summed E-state index contributed by atoms with van der Waals surface area (Å²) in [7, 11) is 0. The second-order valence-corrected chi connectivity index (χ2v) is 5.20. The number of aryl methyl sites for hydroxylation is 1. The minimum atomic E-state index is -0.282. The summed E-state index contributed by atoms with van der Waals surface area (Å²) in [6.45, 7) is 1.77. The molecule has 0 saturated heterocycles. The number of nitrogens with one attached hydrogen (secondary N) is 1. The molecule has 0 aliphatic rings. The molecule has 0 spiro atoms. The first-order valence-corrected chi connectivity index (χ1v) is 6.88. The molecule has 2 aromatic rings. The van der Waals surface area contributed by atoms with E-state index in [1.807, 2.05) is 0 Å². The van der Waals surface area contributed by atoms with Gasteiger partial charge in [0.1, 0.15) is 5.82 Å². The molecule has 0 aliphatic heterocycles. The van der Waals surface area contributed by atoms with Crippen LogP contribution in [-0.2, 0) is 4.79 Å². The molecule has 21 heavy (non-hydrogen) atoms. The molecule has 0 fully saturated rings. The van der Waals surface area contributed by atoms with Gasteiger partial charge < -0.3 is 11.1 Å². The molecule has 0 saturated carbocycles. The maximum atomic E-state index is 11.9. The zero-order valence-corrected chi connectivity index (χ0v) is 12.7. The molecular weight excluding hydrogens is 309 g/mol. The third-order valence-corrected chi connectivity index (χ3v) is 3.30. The lowest BCUT2D eigenvalue weighted by atomic mass is 10.2. The molecule has 0 bridgehead atoms. The van der Waals surface area contributed by atoms with Crippen molar-refractivity contribution >= 4 is 46.7 Å². The number of carbonyl (C=O) groups excluding carboxylic acids is 1. The van der Waals surface area contributed by atoms with E-state index in [4.69, 9.17) is 28.9 Å². The average Bonchev–Trinajstić information content (AvgIpc) is 2.41. The van der Waals surface area contributed by atoms with Crippen LogP contribution in [0.25, 0.3) is 6.08 Å². The second-order valence-electron chi connectivity index (χ2n) is 4.36. The van der Waals surface area contributed by atoms with Gasteiger partial charge in [-0.3, -0.25) is 4.79 Å². The van der Waals surface area contributed by atoms with E-state index < -0.39 is 0 Å². The van der Waals surface area contributed by atoms with Crippen molar-refractivity contribution in [3.05, 3.63) is 57.7 Å². The zero-order valence-electron chi connectivity index (χ0n) is 11.2. The summed E-state index contributed by atoms with van der Waals surface area (Å²) in [5.74, 6) is 0.129. The Labute approximate surface area is 132 Å². The Morgan fingerprint density at radius 1 is 1.29 bits per heavy atom. The lowest BCUT2D eigenvalue weighted by molar-refractivity contribution is -0.111. The molecule has 108 valence electrons. The highest BCUT2D eigenvalue weighted by Crippen LogP contribution is 2.22. The maximum absolute atomic E-state index is 11.9. The SMILES string of the molecule is Cc1nc(N)ccc1NC(=O)/C=C/c1ccc(Cl)cc1Cl. The lowest BCUT2D eigenvalue weighted by Crippen LogP contribution is -2.10. The van der Waals surface area contributed by atoms with Crippen LogP contribution in [0, 0.1) is 6.92 Å². The van der Waals surface area contributed by atoms with Crippen LogP contribution in [0.5, 0.6) is 0 Å². The van der Waals surface area contributed by atoms with E-state index in [1.54, 1.807) is 43.3 Å². The summed E-state index contributed by atoms with van der Waals surface area (Å²) in [6.07, 6.45) is 3.01. The first kappa shape index (κ1) is 15.4. The van der Waals surface area contributed by atoms with E-state index in [9.17, 15) is 4.79 Å². The summed E-state index contributed by atoms with van der Waals surface area (Å²) in [5.41, 5.74) is 7.54. The highest BCUT2D eigenvalue weighted by Gasteiger charge is 2.04. The number of pyridine rings is 1. The number of amides is 1. The van der Waals surface area contributed by atoms with Gasteiger partial charge in [0.15, 0.2) is 0 Å². The van der Waals surface area contributed by atoms with Crippen molar-refractivity contribution in [3.8, 4) is 0 Å². The lowest BCUT2D eigenvalue weighted by Gasteiger charge is -2.06. The largest absolute Gasteiger partial charge is 0.384 e. The Kier molecular flexibility index (Phi) is 4.83. The number of nitrogens with two attached hydrogens (primary N) is 1. The van der Waals surface area contributed by atoms with Crippen molar-refractivity contribution in [3.63, 3.8) is 0 Å². The Hall–Kier alpha value is -2.04. The van der Waals surface area contributed by atoms with Crippen LogP contribution < -0.4 is 11.1 Å². The molecule has 0 radical (unpaired) electrons. The van der Waals surface area contributed by atoms with Gasteiger partial charge in [0.2, 0.25) is 5.91 Å². The fraction of sp³-hybridized carbons (Fsp3) is 0.0667. The van der Waals surface area contributed by atoms with Gasteiger partial charge in [-0.25, -0.2) is 4.98 Å². The van der Waals surface area contributed by atoms with Crippen molar-refractivity contribution < 1.29 is 4.79 Å². The van der Waals surface area contributed by atoms with E-state index >= 15 is 0 Å². The Bertz CT molecular complexity index is 714.